The van der Waals surface area contributed by atoms with Gasteiger partial charge in [0.05, 0.1) is 30.0 Å². The number of amides is 1. The summed E-state index contributed by atoms with van der Waals surface area (Å²) in [6.07, 6.45) is 1.41. The van der Waals surface area contributed by atoms with Gasteiger partial charge in [-0.05, 0) is 25.1 Å². The maximum atomic E-state index is 12.3. The van der Waals surface area contributed by atoms with E-state index in [0.29, 0.717) is 22.2 Å². The van der Waals surface area contributed by atoms with E-state index in [1.165, 1.54) is 12.3 Å². The van der Waals surface area contributed by atoms with E-state index in [9.17, 15) is 4.79 Å². The molecule has 8 heteroatoms. The molecule has 6 nitrogen and oxygen atoms in total. The quantitative estimate of drug-likeness (QED) is 0.808. The van der Waals surface area contributed by atoms with E-state index in [4.69, 9.17) is 32.7 Å². The van der Waals surface area contributed by atoms with Crippen LogP contribution in [0.1, 0.15) is 6.92 Å². The van der Waals surface area contributed by atoms with Crippen molar-refractivity contribution in [2.75, 3.05) is 24.9 Å². The van der Waals surface area contributed by atoms with E-state index >= 15 is 0 Å². The largest absolute Gasteiger partial charge is 0.497 e. The van der Waals surface area contributed by atoms with Gasteiger partial charge in [-0.3, -0.25) is 4.79 Å². The summed E-state index contributed by atoms with van der Waals surface area (Å²) in [5.41, 5.74) is 0.663. The highest BCUT2D eigenvalue weighted by Crippen LogP contribution is 2.29. The van der Waals surface area contributed by atoms with Crippen molar-refractivity contribution in [3.8, 4) is 11.5 Å². The lowest BCUT2D eigenvalue weighted by Gasteiger charge is -2.18. The first kappa shape index (κ1) is 18.2. The lowest BCUT2D eigenvalue weighted by atomic mass is 10.2. The summed E-state index contributed by atoms with van der Waals surface area (Å²) in [6.45, 7) is 1.71. The lowest BCUT2D eigenvalue weighted by molar-refractivity contribution is -0.116. The molecular weight excluding hydrogens is 353 g/mol. The van der Waals surface area contributed by atoms with Gasteiger partial charge in [0.1, 0.15) is 17.5 Å². The van der Waals surface area contributed by atoms with Crippen molar-refractivity contribution in [2.24, 2.45) is 0 Å². The van der Waals surface area contributed by atoms with Crippen molar-refractivity contribution in [3.63, 3.8) is 0 Å². The first-order chi connectivity index (χ1) is 11.4. The number of methoxy groups -OCH3 is 2. The van der Waals surface area contributed by atoms with Crippen molar-refractivity contribution >= 4 is 40.6 Å². The Balaban J connectivity index is 2.08. The molecular formula is C16H17Cl2N3O3. The molecule has 2 aromatic rings. The highest BCUT2D eigenvalue weighted by Gasteiger charge is 2.17. The first-order valence-electron chi connectivity index (χ1n) is 7.05. The van der Waals surface area contributed by atoms with Crippen molar-refractivity contribution < 1.29 is 14.3 Å². The predicted octanol–water partition coefficient (Wildman–Crippen LogP) is 3.84. The van der Waals surface area contributed by atoms with Crippen LogP contribution in [0.5, 0.6) is 11.5 Å². The lowest BCUT2D eigenvalue weighted by Crippen LogP contribution is -2.32. The number of aromatic nitrogens is 1. The topological polar surface area (TPSA) is 72.5 Å². The van der Waals surface area contributed by atoms with Gasteiger partial charge in [0, 0.05) is 12.3 Å². The highest BCUT2D eigenvalue weighted by atomic mass is 35.5. The molecule has 0 spiro atoms. The summed E-state index contributed by atoms with van der Waals surface area (Å²) < 4.78 is 10.4. The molecule has 2 N–H and O–H groups in total. The van der Waals surface area contributed by atoms with E-state index in [0.717, 1.165) is 0 Å². The van der Waals surface area contributed by atoms with Crippen molar-refractivity contribution in [1.82, 2.24) is 4.98 Å². The monoisotopic (exact) mass is 369 g/mol. The average molecular weight is 370 g/mol. The molecule has 1 heterocycles. The third-order valence-corrected chi connectivity index (χ3v) is 3.72. The number of carbonyl (C=O) groups excluding carboxylic acids is 1. The van der Waals surface area contributed by atoms with Crippen LogP contribution < -0.4 is 20.1 Å². The summed E-state index contributed by atoms with van der Waals surface area (Å²) in [6, 6.07) is 6.23. The van der Waals surface area contributed by atoms with Crippen LogP contribution in [0, 0.1) is 0 Å². The van der Waals surface area contributed by atoms with Crippen molar-refractivity contribution in [2.45, 2.75) is 13.0 Å². The third kappa shape index (κ3) is 4.43. The minimum atomic E-state index is -0.555. The minimum Gasteiger partial charge on any atom is -0.497 e. The second-order valence-corrected chi connectivity index (χ2v) is 5.75. The Hall–Kier alpha value is -2.18. The number of anilines is 2. The molecule has 0 fully saturated rings. The van der Waals surface area contributed by atoms with E-state index in [2.05, 4.69) is 15.6 Å². The molecule has 0 aliphatic carbocycles. The van der Waals surface area contributed by atoms with Crippen LogP contribution in [0.15, 0.2) is 30.5 Å². The molecule has 1 aromatic heterocycles. The Morgan fingerprint density at radius 1 is 1.21 bits per heavy atom. The average Bonchev–Trinajstić information content (AvgIpc) is 2.57. The zero-order valence-corrected chi connectivity index (χ0v) is 14.9. The van der Waals surface area contributed by atoms with Gasteiger partial charge < -0.3 is 20.1 Å². The number of carbonyl (C=O) groups is 1. The first-order valence-corrected chi connectivity index (χ1v) is 7.80. The van der Waals surface area contributed by atoms with Gasteiger partial charge in [-0.1, -0.05) is 23.2 Å². The molecule has 0 saturated carbocycles. The Morgan fingerprint density at radius 3 is 2.58 bits per heavy atom. The normalized spacial score (nSPS) is 11.5. The molecule has 0 saturated heterocycles. The number of ether oxygens (including phenoxy) is 2. The number of hydrogen-bond acceptors (Lipinski definition) is 5. The van der Waals surface area contributed by atoms with Crippen LogP contribution in [0.25, 0.3) is 0 Å². The fourth-order valence-corrected chi connectivity index (χ4v) is 2.38. The molecule has 24 heavy (non-hydrogen) atoms. The third-order valence-electron chi connectivity index (χ3n) is 3.22. The van der Waals surface area contributed by atoms with Gasteiger partial charge in [0.15, 0.2) is 5.82 Å². The second-order valence-electron chi connectivity index (χ2n) is 4.91. The number of nitrogens with zero attached hydrogens (tertiary/aromatic N) is 1. The number of benzene rings is 1. The standard InChI is InChI=1S/C16H17Cl2N3O3/c1-9(16(22)21-15-12(18)6-10(17)8-19-15)20-13-5-4-11(23-2)7-14(13)24-3/h4-9,20H,1-3H3,(H,19,21,22)/t9-/m0/s1. The smallest absolute Gasteiger partial charge is 0.247 e. The molecule has 1 atom stereocenters. The van der Waals surface area contributed by atoms with Crippen LogP contribution in [-0.4, -0.2) is 31.2 Å². The van der Waals surface area contributed by atoms with Gasteiger partial charge in [-0.2, -0.15) is 0 Å². The number of nitrogens with one attached hydrogen (secondary N) is 2. The van der Waals surface area contributed by atoms with Crippen LogP contribution in [0.3, 0.4) is 0 Å². The number of pyridine rings is 1. The Labute approximate surface area is 150 Å². The maximum absolute atomic E-state index is 12.3. The number of hydrogen-bond donors (Lipinski definition) is 2. The van der Waals surface area contributed by atoms with E-state index in [1.807, 2.05) is 0 Å². The maximum Gasteiger partial charge on any atom is 0.247 e. The fraction of sp³-hybridized carbons (Fsp3) is 0.250. The summed E-state index contributed by atoms with van der Waals surface area (Å²) in [5, 5.41) is 6.39. The van der Waals surface area contributed by atoms with Gasteiger partial charge in [-0.15, -0.1) is 0 Å². The zero-order valence-electron chi connectivity index (χ0n) is 13.4. The molecule has 0 radical (unpaired) electrons. The second kappa shape index (κ2) is 8.08. The SMILES string of the molecule is COc1ccc(N[C@@H](C)C(=O)Nc2ncc(Cl)cc2Cl)c(OC)c1. The predicted molar refractivity (Wildman–Crippen MR) is 95.5 cm³/mol. The Kier molecular flexibility index (Phi) is 6.11. The molecule has 0 aliphatic heterocycles. The van der Waals surface area contributed by atoms with Crippen LogP contribution in [0.4, 0.5) is 11.5 Å². The molecule has 0 unspecified atom stereocenters. The van der Waals surface area contributed by atoms with E-state index in [-0.39, 0.29) is 16.7 Å². The fourth-order valence-electron chi connectivity index (χ4n) is 1.95. The molecule has 1 aromatic carbocycles. The highest BCUT2D eigenvalue weighted by molar-refractivity contribution is 6.36. The minimum absolute atomic E-state index is 0.251. The van der Waals surface area contributed by atoms with Gasteiger partial charge >= 0.3 is 0 Å². The molecule has 0 bridgehead atoms. The summed E-state index contributed by atoms with van der Waals surface area (Å²) in [5.74, 6) is 1.18. The van der Waals surface area contributed by atoms with Crippen LogP contribution in [-0.2, 0) is 4.79 Å². The Morgan fingerprint density at radius 2 is 1.96 bits per heavy atom. The number of halogens is 2. The van der Waals surface area contributed by atoms with Gasteiger partial charge in [0.25, 0.3) is 0 Å². The molecule has 2 rings (SSSR count). The van der Waals surface area contributed by atoms with Crippen LogP contribution in [0.2, 0.25) is 10.0 Å². The van der Waals surface area contributed by atoms with Crippen molar-refractivity contribution in [3.05, 3.63) is 40.5 Å². The summed E-state index contributed by atoms with van der Waals surface area (Å²) in [4.78, 5) is 16.3. The van der Waals surface area contributed by atoms with Crippen molar-refractivity contribution in [1.29, 1.82) is 0 Å². The summed E-state index contributed by atoms with van der Waals surface area (Å²) >= 11 is 11.8. The Bertz CT molecular complexity index is 741. The zero-order chi connectivity index (χ0) is 17.7. The van der Waals surface area contributed by atoms with E-state index < -0.39 is 6.04 Å². The molecule has 1 amide bonds. The van der Waals surface area contributed by atoms with E-state index in [1.54, 1.807) is 39.3 Å². The van der Waals surface area contributed by atoms with Crippen LogP contribution >= 0.6 is 23.2 Å². The van der Waals surface area contributed by atoms with Gasteiger partial charge in [-0.25, -0.2) is 4.98 Å². The number of rotatable bonds is 6. The van der Waals surface area contributed by atoms with Gasteiger partial charge in [0.2, 0.25) is 5.91 Å². The molecule has 0 aliphatic rings. The summed E-state index contributed by atoms with van der Waals surface area (Å²) in [7, 11) is 3.11. The molecule has 128 valence electrons.